The van der Waals surface area contributed by atoms with Gasteiger partial charge >= 0.3 is 0 Å². The molecule has 0 saturated carbocycles. The molecule has 0 bridgehead atoms. The van der Waals surface area contributed by atoms with Gasteiger partial charge in [0.05, 0.1) is 18.0 Å². The summed E-state index contributed by atoms with van der Waals surface area (Å²) in [5.74, 6) is 0.806. The van der Waals surface area contributed by atoms with Crippen LogP contribution in [-0.4, -0.2) is 41.2 Å². The Bertz CT molecular complexity index is 643. The molecule has 1 aliphatic heterocycles. The Labute approximate surface area is 127 Å². The summed E-state index contributed by atoms with van der Waals surface area (Å²) in [4.78, 5) is 13.7. The van der Waals surface area contributed by atoms with Crippen LogP contribution >= 0.6 is 22.9 Å². The summed E-state index contributed by atoms with van der Waals surface area (Å²) >= 11 is 8.03. The Kier molecular flexibility index (Phi) is 3.95. The Morgan fingerprint density at radius 2 is 2.20 bits per heavy atom. The number of hydrogen-bond donors (Lipinski definition) is 0. The van der Waals surface area contributed by atoms with Crippen molar-refractivity contribution in [1.82, 2.24) is 14.9 Å². The number of fused-ring (bicyclic) bond motifs is 1. The summed E-state index contributed by atoms with van der Waals surface area (Å²) in [5, 5.41) is 1.59. The highest BCUT2D eigenvalue weighted by atomic mass is 35.5. The van der Waals surface area contributed by atoms with Crippen molar-refractivity contribution in [2.75, 3.05) is 20.2 Å². The van der Waals surface area contributed by atoms with Gasteiger partial charge in [-0.25, -0.2) is 9.97 Å². The van der Waals surface area contributed by atoms with Crippen molar-refractivity contribution in [3.05, 3.63) is 21.4 Å². The smallest absolute Gasteiger partial charge is 0.145 e. The van der Waals surface area contributed by atoms with E-state index in [0.717, 1.165) is 42.1 Å². The predicted octanol–water partition coefficient (Wildman–Crippen LogP) is 3.18. The average molecular weight is 312 g/mol. The third kappa shape index (κ3) is 2.55. The fourth-order valence-corrected chi connectivity index (χ4v) is 4.08. The van der Waals surface area contributed by atoms with Gasteiger partial charge in [0, 0.05) is 25.1 Å². The maximum absolute atomic E-state index is 6.33. The molecule has 108 valence electrons. The molecule has 4 nitrogen and oxygen atoms in total. The van der Waals surface area contributed by atoms with Gasteiger partial charge in [-0.15, -0.1) is 11.3 Å². The zero-order valence-corrected chi connectivity index (χ0v) is 13.5. The first kappa shape index (κ1) is 14.2. The van der Waals surface area contributed by atoms with Crippen molar-refractivity contribution in [2.24, 2.45) is 0 Å². The second-order valence-corrected chi connectivity index (χ2v) is 6.84. The first-order valence-electron chi connectivity index (χ1n) is 6.75. The van der Waals surface area contributed by atoms with Crippen LogP contribution < -0.4 is 0 Å². The van der Waals surface area contributed by atoms with E-state index in [1.54, 1.807) is 18.4 Å². The number of thiophene rings is 1. The van der Waals surface area contributed by atoms with Crippen LogP contribution in [0.4, 0.5) is 0 Å². The van der Waals surface area contributed by atoms with Crippen LogP contribution in [0.25, 0.3) is 10.2 Å². The van der Waals surface area contributed by atoms with E-state index in [-0.39, 0.29) is 0 Å². The van der Waals surface area contributed by atoms with E-state index in [1.165, 1.54) is 10.4 Å². The number of hydrogen-bond acceptors (Lipinski definition) is 5. The van der Waals surface area contributed by atoms with E-state index < -0.39 is 0 Å². The van der Waals surface area contributed by atoms with Crippen LogP contribution in [0, 0.1) is 13.8 Å². The average Bonchev–Trinajstić information content (AvgIpc) is 2.95. The topological polar surface area (TPSA) is 38.2 Å². The molecule has 0 spiro atoms. The Morgan fingerprint density at radius 3 is 2.90 bits per heavy atom. The third-order valence-corrected chi connectivity index (χ3v) is 5.33. The molecule has 6 heteroatoms. The number of likely N-dealkylation sites (tertiary alicyclic amines) is 1. The maximum atomic E-state index is 6.33. The SMILES string of the molecule is COC1CCN(Cc2nc(Cl)c3c(C)c(C)sc3n2)C1. The summed E-state index contributed by atoms with van der Waals surface area (Å²) in [6.45, 7) is 6.89. The molecule has 1 unspecified atom stereocenters. The van der Waals surface area contributed by atoms with Gasteiger partial charge in [0.2, 0.25) is 0 Å². The zero-order valence-electron chi connectivity index (χ0n) is 11.9. The lowest BCUT2D eigenvalue weighted by Gasteiger charge is -2.14. The first-order chi connectivity index (χ1) is 9.58. The largest absolute Gasteiger partial charge is 0.380 e. The van der Waals surface area contributed by atoms with E-state index in [1.807, 2.05) is 0 Å². The summed E-state index contributed by atoms with van der Waals surface area (Å²) < 4.78 is 5.39. The predicted molar refractivity (Wildman–Crippen MR) is 82.6 cm³/mol. The van der Waals surface area contributed by atoms with Crippen molar-refractivity contribution in [1.29, 1.82) is 0 Å². The lowest BCUT2D eigenvalue weighted by Crippen LogP contribution is -2.23. The van der Waals surface area contributed by atoms with Gasteiger partial charge < -0.3 is 4.74 Å². The fraction of sp³-hybridized carbons (Fsp3) is 0.571. The molecule has 1 aliphatic rings. The highest BCUT2D eigenvalue weighted by molar-refractivity contribution is 7.18. The minimum absolute atomic E-state index is 0.334. The first-order valence-corrected chi connectivity index (χ1v) is 7.95. The van der Waals surface area contributed by atoms with Crippen LogP contribution in [0.15, 0.2) is 0 Å². The van der Waals surface area contributed by atoms with Crippen LogP contribution in [0.5, 0.6) is 0 Å². The van der Waals surface area contributed by atoms with Crippen LogP contribution in [0.2, 0.25) is 5.15 Å². The molecular weight excluding hydrogens is 294 g/mol. The second kappa shape index (κ2) is 5.56. The number of methoxy groups -OCH3 is 1. The molecule has 0 aromatic carbocycles. The molecule has 0 N–H and O–H groups in total. The molecule has 1 fully saturated rings. The Morgan fingerprint density at radius 1 is 1.40 bits per heavy atom. The monoisotopic (exact) mass is 311 g/mol. The molecule has 3 heterocycles. The second-order valence-electron chi connectivity index (χ2n) is 5.28. The quantitative estimate of drug-likeness (QED) is 0.816. The molecule has 0 amide bonds. The number of aryl methyl sites for hydroxylation is 2. The van der Waals surface area contributed by atoms with Crippen LogP contribution in [0.3, 0.4) is 0 Å². The fourth-order valence-electron chi connectivity index (χ4n) is 2.65. The molecule has 20 heavy (non-hydrogen) atoms. The Balaban J connectivity index is 1.86. The minimum atomic E-state index is 0.334. The van der Waals surface area contributed by atoms with E-state index in [9.17, 15) is 0 Å². The van der Waals surface area contributed by atoms with Gasteiger partial charge in [-0.3, -0.25) is 4.90 Å². The van der Waals surface area contributed by atoms with Gasteiger partial charge in [-0.1, -0.05) is 11.6 Å². The molecule has 2 aromatic heterocycles. The third-order valence-electron chi connectivity index (χ3n) is 3.96. The lowest BCUT2D eigenvalue weighted by molar-refractivity contribution is 0.107. The molecular formula is C14H18ClN3OS. The molecule has 3 rings (SSSR count). The summed E-state index contributed by atoms with van der Waals surface area (Å²) in [5.41, 5.74) is 1.20. The molecule has 2 aromatic rings. The van der Waals surface area contributed by atoms with Gasteiger partial charge in [0.1, 0.15) is 15.8 Å². The number of nitrogens with zero attached hydrogens (tertiary/aromatic N) is 3. The lowest BCUT2D eigenvalue weighted by atomic mass is 10.2. The summed E-state index contributed by atoms with van der Waals surface area (Å²) in [7, 11) is 1.77. The van der Waals surface area contributed by atoms with E-state index in [0.29, 0.717) is 11.3 Å². The molecule has 0 radical (unpaired) electrons. The van der Waals surface area contributed by atoms with Gasteiger partial charge in [0.25, 0.3) is 0 Å². The standard InChI is InChI=1S/C14H18ClN3OS/c1-8-9(2)20-14-12(8)13(15)16-11(17-14)7-18-5-4-10(6-18)19-3/h10H,4-7H2,1-3H3. The van der Waals surface area contributed by atoms with E-state index in [4.69, 9.17) is 16.3 Å². The minimum Gasteiger partial charge on any atom is -0.380 e. The van der Waals surface area contributed by atoms with Crippen molar-refractivity contribution in [3.63, 3.8) is 0 Å². The van der Waals surface area contributed by atoms with Crippen molar-refractivity contribution < 1.29 is 4.74 Å². The van der Waals surface area contributed by atoms with Gasteiger partial charge in [-0.05, 0) is 25.8 Å². The van der Waals surface area contributed by atoms with Gasteiger partial charge in [0.15, 0.2) is 0 Å². The molecule has 1 saturated heterocycles. The molecule has 0 aliphatic carbocycles. The van der Waals surface area contributed by atoms with Crippen LogP contribution in [-0.2, 0) is 11.3 Å². The number of ether oxygens (including phenoxy) is 1. The Hall–Kier alpha value is -0.750. The van der Waals surface area contributed by atoms with E-state index in [2.05, 4.69) is 28.7 Å². The summed E-state index contributed by atoms with van der Waals surface area (Å²) in [6.07, 6.45) is 1.41. The van der Waals surface area contributed by atoms with E-state index >= 15 is 0 Å². The highest BCUT2D eigenvalue weighted by Gasteiger charge is 2.23. The summed E-state index contributed by atoms with van der Waals surface area (Å²) in [6, 6.07) is 0. The number of aromatic nitrogens is 2. The maximum Gasteiger partial charge on any atom is 0.145 e. The van der Waals surface area contributed by atoms with Crippen LogP contribution in [0.1, 0.15) is 22.7 Å². The molecule has 1 atom stereocenters. The van der Waals surface area contributed by atoms with Crippen molar-refractivity contribution in [2.45, 2.75) is 32.9 Å². The zero-order chi connectivity index (χ0) is 14.3. The van der Waals surface area contributed by atoms with Gasteiger partial charge in [-0.2, -0.15) is 0 Å². The number of rotatable bonds is 3. The number of halogens is 1. The van der Waals surface area contributed by atoms with Crippen molar-refractivity contribution >= 4 is 33.2 Å². The normalized spacial score (nSPS) is 20.1. The van der Waals surface area contributed by atoms with Crippen molar-refractivity contribution in [3.8, 4) is 0 Å². The highest BCUT2D eigenvalue weighted by Crippen LogP contribution is 2.33.